The zero-order valence-corrected chi connectivity index (χ0v) is 11.0. The van der Waals surface area contributed by atoms with Crippen LogP contribution in [0, 0.1) is 4.78 Å². The zero-order valence-electron chi connectivity index (χ0n) is 10.2. The van der Waals surface area contributed by atoms with Crippen molar-refractivity contribution >= 4 is 16.5 Å². The number of ether oxygens (including phenoxy) is 2. The van der Waals surface area contributed by atoms with E-state index >= 15 is 0 Å². The number of hydrogen-bond acceptors (Lipinski definition) is 8. The minimum absolute atomic E-state index is 0.131. The van der Waals surface area contributed by atoms with Gasteiger partial charge in [-0.3, -0.25) is 9.89 Å². The predicted octanol–water partition coefficient (Wildman–Crippen LogP) is -0.359. The summed E-state index contributed by atoms with van der Waals surface area (Å²) in [6.45, 7) is 2.82. The highest BCUT2D eigenvalue weighted by atomic mass is 32.2. The summed E-state index contributed by atoms with van der Waals surface area (Å²) in [5.41, 5.74) is 5.31. The Balaban J connectivity index is 1.92. The molecule has 0 saturated carbocycles. The lowest BCUT2D eigenvalue weighted by atomic mass is 10.1. The molecule has 0 radical (unpaired) electrons. The van der Waals surface area contributed by atoms with Crippen molar-refractivity contribution in [2.45, 2.75) is 12.1 Å². The number of nitrogens with zero attached hydrogens (tertiary/aromatic N) is 2. The fourth-order valence-electron chi connectivity index (χ4n) is 1.96. The molecule has 0 aromatic rings. The number of rotatable bonds is 4. The van der Waals surface area contributed by atoms with E-state index in [-0.39, 0.29) is 16.8 Å². The first kappa shape index (κ1) is 13.3. The van der Waals surface area contributed by atoms with Gasteiger partial charge in [0, 0.05) is 20.2 Å². The molecular formula is C10H17N4O3S-. The van der Waals surface area contributed by atoms with Crippen LogP contribution >= 0.6 is 0 Å². The van der Waals surface area contributed by atoms with Crippen LogP contribution in [0.25, 0.3) is 0 Å². The lowest BCUT2D eigenvalue weighted by Gasteiger charge is -2.43. The van der Waals surface area contributed by atoms with Crippen LogP contribution in [0.3, 0.4) is 0 Å². The van der Waals surface area contributed by atoms with Gasteiger partial charge in [-0.2, -0.15) is 10.6 Å². The van der Waals surface area contributed by atoms with Crippen LogP contribution in [0.5, 0.6) is 0 Å². The third-order valence-corrected chi connectivity index (χ3v) is 3.86. The van der Waals surface area contributed by atoms with Gasteiger partial charge in [0.25, 0.3) is 0 Å². The topological polar surface area (TPSA) is 101 Å². The van der Waals surface area contributed by atoms with Crippen LogP contribution in [0.4, 0.5) is 0 Å². The molecule has 0 aromatic heterocycles. The van der Waals surface area contributed by atoms with Gasteiger partial charge in [0.2, 0.25) is 0 Å². The van der Waals surface area contributed by atoms with Gasteiger partial charge >= 0.3 is 0 Å². The van der Waals surface area contributed by atoms with E-state index < -0.39 is 10.6 Å². The molecule has 0 bridgehead atoms. The number of likely N-dealkylation sites (tertiary alicyclic amines) is 1. The monoisotopic (exact) mass is 273 g/mol. The fourth-order valence-corrected chi connectivity index (χ4v) is 2.37. The molecule has 2 aliphatic heterocycles. The summed E-state index contributed by atoms with van der Waals surface area (Å²) in [5, 5.41) is 0. The average Bonchev–Trinajstić information content (AvgIpc) is 2.30. The van der Waals surface area contributed by atoms with E-state index in [1.165, 1.54) is 0 Å². The molecule has 7 nitrogen and oxygen atoms in total. The Hall–Kier alpha value is -1.12. The summed E-state index contributed by atoms with van der Waals surface area (Å²) in [7, 11) is -0.215. The van der Waals surface area contributed by atoms with Gasteiger partial charge in [-0.25, -0.2) is 0 Å². The Bertz CT molecular complexity index is 432. The van der Waals surface area contributed by atoms with E-state index in [4.69, 9.17) is 20.0 Å². The highest BCUT2D eigenvalue weighted by molar-refractivity contribution is 7.79. The summed E-state index contributed by atoms with van der Waals surface area (Å²) < 4.78 is 28.9. The molecule has 0 aliphatic carbocycles. The highest BCUT2D eigenvalue weighted by Crippen LogP contribution is 2.18. The lowest BCUT2D eigenvalue weighted by molar-refractivity contribution is -0.0590. The molecule has 0 amide bonds. The first-order valence-corrected chi connectivity index (χ1v) is 6.80. The predicted molar refractivity (Wildman–Crippen MR) is 67.5 cm³/mol. The van der Waals surface area contributed by atoms with E-state index in [0.29, 0.717) is 19.3 Å². The van der Waals surface area contributed by atoms with Gasteiger partial charge in [-0.05, 0) is 11.1 Å². The standard InChI is InChI=1S/C10H17N4O3S/c1-16-8-4-14(5-8)7-3-13-10(17-6-7)9(2-11)18(12)15/h2,7-8,12H,3-6,11H2,1H3/q-1/t7-/m0/s1. The third-order valence-electron chi connectivity index (χ3n) is 3.15. The van der Waals surface area contributed by atoms with E-state index in [2.05, 4.69) is 9.89 Å². The molecule has 0 unspecified atom stereocenters. The van der Waals surface area contributed by atoms with E-state index in [0.717, 1.165) is 19.3 Å². The Morgan fingerprint density at radius 2 is 2.44 bits per heavy atom. The van der Waals surface area contributed by atoms with Gasteiger partial charge in [-0.1, -0.05) is 0 Å². The molecule has 0 spiro atoms. The maximum Gasteiger partial charge on any atom is 0.194 e. The molecule has 3 N–H and O–H groups in total. The van der Waals surface area contributed by atoms with E-state index in [1.54, 1.807) is 7.11 Å². The maximum absolute atomic E-state index is 11.1. The Labute approximate surface area is 108 Å². The zero-order chi connectivity index (χ0) is 13.1. The van der Waals surface area contributed by atoms with Crippen molar-refractivity contribution in [2.24, 2.45) is 10.7 Å². The molecule has 8 heteroatoms. The molecule has 1 fully saturated rings. The quantitative estimate of drug-likeness (QED) is 0.681. The molecule has 2 aliphatic rings. The van der Waals surface area contributed by atoms with Crippen molar-refractivity contribution in [3.8, 4) is 0 Å². The van der Waals surface area contributed by atoms with Gasteiger partial charge in [-0.15, -0.1) is 0 Å². The second kappa shape index (κ2) is 5.68. The van der Waals surface area contributed by atoms with Crippen LogP contribution in [0.2, 0.25) is 0 Å². The van der Waals surface area contributed by atoms with Crippen LogP contribution in [-0.2, 0) is 24.3 Å². The summed E-state index contributed by atoms with van der Waals surface area (Å²) in [6.07, 6.45) is 1.42. The van der Waals surface area contributed by atoms with Crippen LogP contribution in [0.15, 0.2) is 16.1 Å². The third kappa shape index (κ3) is 2.65. The molecule has 1 atom stereocenters. The summed E-state index contributed by atoms with van der Waals surface area (Å²) in [5.74, 6) is 0.228. The molecule has 1 saturated heterocycles. The smallest absolute Gasteiger partial charge is 0.194 e. The van der Waals surface area contributed by atoms with Crippen molar-refractivity contribution in [3.05, 3.63) is 11.1 Å². The first-order chi connectivity index (χ1) is 8.65. The number of hydrogen-bond donors (Lipinski definition) is 2. The molecule has 102 valence electrons. The van der Waals surface area contributed by atoms with Crippen molar-refractivity contribution < 1.29 is 13.7 Å². The fraction of sp³-hybridized carbons (Fsp3) is 0.700. The van der Waals surface area contributed by atoms with Crippen molar-refractivity contribution in [1.29, 1.82) is 4.78 Å². The molecular weight excluding hydrogens is 256 g/mol. The molecule has 18 heavy (non-hydrogen) atoms. The summed E-state index contributed by atoms with van der Waals surface area (Å²) in [4.78, 5) is 6.57. The lowest BCUT2D eigenvalue weighted by Crippen LogP contribution is -2.59. The number of nitrogens with two attached hydrogens (primary N) is 1. The average molecular weight is 273 g/mol. The number of methoxy groups -OCH3 is 1. The molecule has 0 aromatic carbocycles. The van der Waals surface area contributed by atoms with Crippen molar-refractivity contribution in [3.63, 3.8) is 0 Å². The SMILES string of the molecule is COC1CN([C@H]2CN=C(C(=CN)[S-](=N)=O)OC2)C1. The van der Waals surface area contributed by atoms with Crippen molar-refractivity contribution in [2.75, 3.05) is 33.4 Å². The summed E-state index contributed by atoms with van der Waals surface area (Å²) in [6, 6.07) is 0.221. The normalized spacial score (nSPS) is 26.7. The maximum atomic E-state index is 11.1. The first-order valence-electron chi connectivity index (χ1n) is 5.65. The van der Waals surface area contributed by atoms with E-state index in [1.807, 2.05) is 0 Å². The minimum Gasteiger partial charge on any atom is -0.477 e. The second-order valence-electron chi connectivity index (χ2n) is 4.22. The number of aliphatic imine (C=N–C) groups is 1. The van der Waals surface area contributed by atoms with Gasteiger partial charge < -0.3 is 24.2 Å². The largest absolute Gasteiger partial charge is 0.477 e. The molecule has 2 rings (SSSR count). The minimum atomic E-state index is -1.92. The van der Waals surface area contributed by atoms with Gasteiger partial charge in [0.15, 0.2) is 5.90 Å². The molecule has 2 heterocycles. The van der Waals surface area contributed by atoms with Crippen molar-refractivity contribution in [1.82, 2.24) is 4.90 Å². The Kier molecular flexibility index (Phi) is 4.20. The Morgan fingerprint density at radius 1 is 1.72 bits per heavy atom. The second-order valence-corrected chi connectivity index (χ2v) is 5.20. The highest BCUT2D eigenvalue weighted by Gasteiger charge is 2.34. The Morgan fingerprint density at radius 3 is 2.89 bits per heavy atom. The van der Waals surface area contributed by atoms with Crippen LogP contribution in [-0.4, -0.2) is 56.3 Å². The van der Waals surface area contributed by atoms with Crippen LogP contribution in [0.1, 0.15) is 0 Å². The van der Waals surface area contributed by atoms with Crippen LogP contribution < -0.4 is 5.73 Å². The van der Waals surface area contributed by atoms with E-state index in [9.17, 15) is 4.21 Å². The van der Waals surface area contributed by atoms with Gasteiger partial charge in [0.05, 0.1) is 18.7 Å². The summed E-state index contributed by atoms with van der Waals surface area (Å²) >= 11 is 0. The van der Waals surface area contributed by atoms with Gasteiger partial charge in [0.1, 0.15) is 6.61 Å². The number of nitrogens with one attached hydrogen (secondary N) is 1.